The molecule has 1 aromatic rings. The molecular weight excluding hydrogens is 178 g/mol. The highest BCUT2D eigenvalue weighted by Gasteiger charge is 2.34. The van der Waals surface area contributed by atoms with E-state index in [0.29, 0.717) is 12.8 Å². The average Bonchev–Trinajstić information content (AvgIpc) is 2.61. The number of rotatable bonds is 2. The molecule has 1 aliphatic carbocycles. The third kappa shape index (κ3) is 1.68. The van der Waals surface area contributed by atoms with Gasteiger partial charge in [-0.15, -0.1) is 0 Å². The summed E-state index contributed by atoms with van der Waals surface area (Å²) in [6, 6.07) is 9.56. The molecule has 0 heterocycles. The standard InChI is InChI=1S/C11H13NO2/c13-11-7-9(6-10(11)12-14)8-4-2-1-3-5-8/h1-5,9-11,13H,6-7H2/t9-,10+,11-/m1/s1. The number of aliphatic hydroxyl groups is 1. The molecule has 0 amide bonds. The lowest BCUT2D eigenvalue weighted by molar-refractivity contribution is 0.164. The molecule has 0 spiro atoms. The van der Waals surface area contributed by atoms with Crippen molar-refractivity contribution < 1.29 is 5.11 Å². The summed E-state index contributed by atoms with van der Waals surface area (Å²) in [4.78, 5) is 10.4. The van der Waals surface area contributed by atoms with E-state index in [1.165, 1.54) is 5.56 Å². The molecule has 1 saturated carbocycles. The van der Waals surface area contributed by atoms with Crippen LogP contribution in [0.25, 0.3) is 0 Å². The molecule has 0 aliphatic heterocycles. The van der Waals surface area contributed by atoms with E-state index in [9.17, 15) is 10.0 Å². The van der Waals surface area contributed by atoms with Crippen molar-refractivity contribution >= 4 is 0 Å². The number of hydrogen-bond acceptors (Lipinski definition) is 3. The first-order chi connectivity index (χ1) is 6.81. The number of aliphatic hydroxyl groups excluding tert-OH is 1. The van der Waals surface area contributed by atoms with Crippen molar-refractivity contribution in [2.45, 2.75) is 30.9 Å². The highest BCUT2D eigenvalue weighted by atomic mass is 16.3. The van der Waals surface area contributed by atoms with Crippen molar-refractivity contribution in [1.82, 2.24) is 0 Å². The minimum Gasteiger partial charge on any atom is -0.391 e. The number of benzene rings is 1. The molecule has 0 saturated heterocycles. The van der Waals surface area contributed by atoms with Crippen LogP contribution >= 0.6 is 0 Å². The molecule has 1 aliphatic rings. The Morgan fingerprint density at radius 3 is 2.50 bits per heavy atom. The third-order valence-electron chi connectivity index (χ3n) is 2.90. The zero-order valence-electron chi connectivity index (χ0n) is 7.84. The molecular formula is C11H13NO2. The number of nitrogens with zero attached hydrogens (tertiary/aromatic N) is 1. The zero-order valence-corrected chi connectivity index (χ0v) is 7.84. The van der Waals surface area contributed by atoms with Gasteiger partial charge in [-0.2, -0.15) is 4.91 Å². The summed E-state index contributed by atoms with van der Waals surface area (Å²) >= 11 is 0. The molecule has 0 bridgehead atoms. The maximum atomic E-state index is 10.4. The van der Waals surface area contributed by atoms with Gasteiger partial charge < -0.3 is 5.11 Å². The Labute approximate surface area is 82.7 Å². The van der Waals surface area contributed by atoms with E-state index in [2.05, 4.69) is 5.18 Å². The van der Waals surface area contributed by atoms with Crippen LogP contribution in [0.5, 0.6) is 0 Å². The van der Waals surface area contributed by atoms with Crippen LogP contribution in [0.1, 0.15) is 24.3 Å². The van der Waals surface area contributed by atoms with Crippen LogP contribution in [-0.2, 0) is 0 Å². The fourth-order valence-corrected chi connectivity index (χ4v) is 2.10. The average molecular weight is 191 g/mol. The first-order valence-electron chi connectivity index (χ1n) is 4.86. The monoisotopic (exact) mass is 191 g/mol. The highest BCUT2D eigenvalue weighted by Crippen LogP contribution is 2.35. The van der Waals surface area contributed by atoms with E-state index in [0.717, 1.165) is 0 Å². The number of nitroso groups, excluding NO2 is 1. The fourth-order valence-electron chi connectivity index (χ4n) is 2.10. The second-order valence-electron chi connectivity index (χ2n) is 3.82. The molecule has 0 unspecified atom stereocenters. The van der Waals surface area contributed by atoms with E-state index >= 15 is 0 Å². The number of hydrogen-bond donors (Lipinski definition) is 1. The quantitative estimate of drug-likeness (QED) is 0.727. The summed E-state index contributed by atoms with van der Waals surface area (Å²) in [5, 5.41) is 12.5. The van der Waals surface area contributed by atoms with Crippen molar-refractivity contribution in [1.29, 1.82) is 0 Å². The van der Waals surface area contributed by atoms with Crippen LogP contribution in [0.4, 0.5) is 0 Å². The van der Waals surface area contributed by atoms with Gasteiger partial charge in [-0.3, -0.25) is 0 Å². The lowest BCUT2D eigenvalue weighted by atomic mass is 9.98. The second kappa shape index (κ2) is 3.88. The van der Waals surface area contributed by atoms with Gasteiger partial charge >= 0.3 is 0 Å². The molecule has 1 N–H and O–H groups in total. The Bertz CT molecular complexity index is 312. The van der Waals surface area contributed by atoms with E-state index in [-0.39, 0.29) is 5.92 Å². The van der Waals surface area contributed by atoms with Crippen molar-refractivity contribution in [3.8, 4) is 0 Å². The van der Waals surface area contributed by atoms with E-state index in [1.807, 2.05) is 30.3 Å². The Balaban J connectivity index is 2.12. The van der Waals surface area contributed by atoms with Crippen molar-refractivity contribution in [3.05, 3.63) is 40.8 Å². The molecule has 0 aromatic heterocycles. The minimum atomic E-state index is -0.558. The normalized spacial score (nSPS) is 31.6. The molecule has 74 valence electrons. The molecule has 2 rings (SSSR count). The van der Waals surface area contributed by atoms with E-state index < -0.39 is 12.1 Å². The molecule has 0 radical (unpaired) electrons. The van der Waals surface area contributed by atoms with Crippen LogP contribution in [0.2, 0.25) is 0 Å². The molecule has 1 fully saturated rings. The van der Waals surface area contributed by atoms with Gasteiger partial charge in [0.15, 0.2) is 0 Å². The lowest BCUT2D eigenvalue weighted by Crippen LogP contribution is -2.15. The lowest BCUT2D eigenvalue weighted by Gasteiger charge is -2.07. The van der Waals surface area contributed by atoms with Crippen LogP contribution in [0.15, 0.2) is 35.5 Å². The van der Waals surface area contributed by atoms with Crippen LogP contribution in [-0.4, -0.2) is 17.3 Å². The van der Waals surface area contributed by atoms with Crippen LogP contribution < -0.4 is 0 Å². The summed E-state index contributed by atoms with van der Waals surface area (Å²) in [6.45, 7) is 0. The van der Waals surface area contributed by atoms with Crippen molar-refractivity contribution in [3.63, 3.8) is 0 Å². The fraction of sp³-hybridized carbons (Fsp3) is 0.455. The Kier molecular flexibility index (Phi) is 2.59. The summed E-state index contributed by atoms with van der Waals surface area (Å²) in [5.74, 6) is 0.286. The minimum absolute atomic E-state index is 0.286. The van der Waals surface area contributed by atoms with Crippen LogP contribution in [0, 0.1) is 4.91 Å². The van der Waals surface area contributed by atoms with Crippen molar-refractivity contribution in [2.75, 3.05) is 0 Å². The van der Waals surface area contributed by atoms with E-state index in [4.69, 9.17) is 0 Å². The van der Waals surface area contributed by atoms with Gasteiger partial charge in [0.05, 0.1) is 6.10 Å². The predicted octanol–water partition coefficient (Wildman–Crippen LogP) is 2.06. The summed E-state index contributed by atoms with van der Waals surface area (Å²) in [7, 11) is 0. The Hall–Kier alpha value is -1.22. The molecule has 14 heavy (non-hydrogen) atoms. The highest BCUT2D eigenvalue weighted by molar-refractivity contribution is 5.21. The predicted molar refractivity (Wildman–Crippen MR) is 54.0 cm³/mol. The molecule has 1 aromatic carbocycles. The van der Waals surface area contributed by atoms with Gasteiger partial charge in [-0.25, -0.2) is 0 Å². The van der Waals surface area contributed by atoms with E-state index in [1.54, 1.807) is 0 Å². The van der Waals surface area contributed by atoms with Gasteiger partial charge in [0, 0.05) is 0 Å². The summed E-state index contributed by atoms with van der Waals surface area (Å²) < 4.78 is 0. The first-order valence-corrected chi connectivity index (χ1v) is 4.86. The maximum Gasteiger partial charge on any atom is 0.118 e. The topological polar surface area (TPSA) is 49.7 Å². The molecule has 3 nitrogen and oxygen atoms in total. The largest absolute Gasteiger partial charge is 0.391 e. The first kappa shape index (κ1) is 9.34. The van der Waals surface area contributed by atoms with Gasteiger partial charge in [0.1, 0.15) is 6.04 Å². The second-order valence-corrected chi connectivity index (χ2v) is 3.82. The van der Waals surface area contributed by atoms with Gasteiger partial charge in [0.25, 0.3) is 0 Å². The zero-order chi connectivity index (χ0) is 9.97. The third-order valence-corrected chi connectivity index (χ3v) is 2.90. The SMILES string of the molecule is O=N[C@H]1C[C@@H](c2ccccc2)C[C@H]1O. The molecule has 3 atom stereocenters. The summed E-state index contributed by atoms with van der Waals surface area (Å²) in [6.07, 6.45) is 0.771. The van der Waals surface area contributed by atoms with Crippen LogP contribution in [0.3, 0.4) is 0 Å². The van der Waals surface area contributed by atoms with Gasteiger partial charge in [0.2, 0.25) is 0 Å². The molecule has 3 heteroatoms. The smallest absolute Gasteiger partial charge is 0.118 e. The maximum absolute atomic E-state index is 10.4. The summed E-state index contributed by atoms with van der Waals surface area (Å²) in [5.41, 5.74) is 1.19. The van der Waals surface area contributed by atoms with Crippen molar-refractivity contribution in [2.24, 2.45) is 5.18 Å². The van der Waals surface area contributed by atoms with Gasteiger partial charge in [-0.1, -0.05) is 35.5 Å². The Morgan fingerprint density at radius 1 is 1.21 bits per heavy atom. The Morgan fingerprint density at radius 2 is 1.93 bits per heavy atom. The van der Waals surface area contributed by atoms with Gasteiger partial charge in [-0.05, 0) is 24.3 Å².